The summed E-state index contributed by atoms with van der Waals surface area (Å²) in [6, 6.07) is 0. The first-order valence-corrected chi connectivity index (χ1v) is 7.18. The van der Waals surface area contributed by atoms with E-state index in [1.54, 1.807) is 7.05 Å². The fourth-order valence-corrected chi connectivity index (χ4v) is 2.28. The van der Waals surface area contributed by atoms with Crippen LogP contribution in [-0.4, -0.2) is 52.4 Å². The van der Waals surface area contributed by atoms with Gasteiger partial charge < -0.3 is 15.5 Å². The molecule has 1 aromatic heterocycles. The monoisotopic (exact) mass is 298 g/mol. The lowest BCUT2D eigenvalue weighted by Crippen LogP contribution is -2.36. The molecule has 0 aromatic carbocycles. The molecule has 2 rings (SSSR count). The van der Waals surface area contributed by atoms with Crippen LogP contribution in [-0.2, 0) is 4.79 Å². The third-order valence-corrected chi connectivity index (χ3v) is 3.33. The van der Waals surface area contributed by atoms with E-state index in [0.717, 1.165) is 25.9 Å². The molecular weight excluding hydrogens is 280 g/mol. The van der Waals surface area contributed by atoms with Crippen molar-refractivity contribution >= 4 is 29.4 Å². The van der Waals surface area contributed by atoms with Gasteiger partial charge in [-0.2, -0.15) is 15.0 Å². The molecule has 0 bridgehead atoms. The Bertz CT molecular complexity index is 463. The Kier molecular flexibility index (Phi) is 5.34. The van der Waals surface area contributed by atoms with Crippen LogP contribution >= 0.6 is 11.6 Å². The van der Waals surface area contributed by atoms with Gasteiger partial charge >= 0.3 is 0 Å². The number of aromatic nitrogens is 3. The first-order valence-electron chi connectivity index (χ1n) is 6.80. The largest absolute Gasteiger partial charge is 0.357 e. The van der Waals surface area contributed by atoms with Crippen molar-refractivity contribution in [3.63, 3.8) is 0 Å². The molecule has 0 aliphatic carbocycles. The summed E-state index contributed by atoms with van der Waals surface area (Å²) in [5.74, 6) is 0.946. The molecule has 0 spiro atoms. The molecule has 2 heterocycles. The molecule has 1 fully saturated rings. The van der Waals surface area contributed by atoms with Crippen LogP contribution in [0.25, 0.3) is 0 Å². The number of hydrogen-bond donors (Lipinski definition) is 2. The van der Waals surface area contributed by atoms with Crippen LogP contribution in [0.3, 0.4) is 0 Å². The maximum atomic E-state index is 12.0. The maximum absolute atomic E-state index is 12.0. The van der Waals surface area contributed by atoms with Crippen LogP contribution < -0.4 is 10.6 Å². The lowest BCUT2D eigenvalue weighted by molar-refractivity contribution is -0.131. The Balaban J connectivity index is 1.80. The van der Waals surface area contributed by atoms with Crippen LogP contribution in [0.2, 0.25) is 5.28 Å². The Morgan fingerprint density at radius 1 is 1.20 bits per heavy atom. The van der Waals surface area contributed by atoms with Crippen LogP contribution in [0.5, 0.6) is 0 Å². The summed E-state index contributed by atoms with van der Waals surface area (Å²) >= 11 is 5.77. The van der Waals surface area contributed by atoms with Crippen molar-refractivity contribution in [2.24, 2.45) is 0 Å². The summed E-state index contributed by atoms with van der Waals surface area (Å²) in [5.41, 5.74) is 0. The number of hydrogen-bond acceptors (Lipinski definition) is 6. The third-order valence-electron chi connectivity index (χ3n) is 3.16. The smallest absolute Gasteiger partial charge is 0.228 e. The van der Waals surface area contributed by atoms with Crippen LogP contribution in [0.4, 0.5) is 11.9 Å². The zero-order valence-electron chi connectivity index (χ0n) is 11.5. The first-order chi connectivity index (χ1) is 9.69. The van der Waals surface area contributed by atoms with Crippen molar-refractivity contribution in [1.82, 2.24) is 19.9 Å². The van der Waals surface area contributed by atoms with Gasteiger partial charge in [-0.05, 0) is 30.9 Å². The molecule has 1 aliphatic heterocycles. The molecule has 110 valence electrons. The van der Waals surface area contributed by atoms with E-state index in [1.807, 2.05) is 4.90 Å². The molecule has 1 aromatic rings. The van der Waals surface area contributed by atoms with E-state index in [0.29, 0.717) is 24.9 Å². The van der Waals surface area contributed by atoms with Gasteiger partial charge in [-0.3, -0.25) is 4.79 Å². The predicted octanol–water partition coefficient (Wildman–Crippen LogP) is 1.38. The highest BCUT2D eigenvalue weighted by Gasteiger charge is 2.15. The number of piperidine rings is 1. The van der Waals surface area contributed by atoms with Gasteiger partial charge in [0.05, 0.1) is 0 Å². The van der Waals surface area contributed by atoms with Gasteiger partial charge in [-0.15, -0.1) is 0 Å². The zero-order chi connectivity index (χ0) is 14.4. The number of nitrogens with one attached hydrogen (secondary N) is 2. The van der Waals surface area contributed by atoms with E-state index in [4.69, 9.17) is 11.6 Å². The van der Waals surface area contributed by atoms with Crippen molar-refractivity contribution in [3.8, 4) is 0 Å². The van der Waals surface area contributed by atoms with Crippen molar-refractivity contribution in [3.05, 3.63) is 5.28 Å². The van der Waals surface area contributed by atoms with E-state index in [-0.39, 0.29) is 11.2 Å². The molecule has 2 N–H and O–H groups in total. The topological polar surface area (TPSA) is 83.0 Å². The maximum Gasteiger partial charge on any atom is 0.228 e. The fraction of sp³-hybridized carbons (Fsp3) is 0.667. The fourth-order valence-electron chi connectivity index (χ4n) is 2.12. The van der Waals surface area contributed by atoms with Gasteiger partial charge in [-0.25, -0.2) is 0 Å². The number of carbonyl (C=O) groups excluding carboxylic acids is 1. The Morgan fingerprint density at radius 2 is 1.90 bits per heavy atom. The highest BCUT2D eigenvalue weighted by Crippen LogP contribution is 2.11. The molecule has 0 atom stereocenters. The van der Waals surface area contributed by atoms with Crippen molar-refractivity contribution in [1.29, 1.82) is 0 Å². The summed E-state index contributed by atoms with van der Waals surface area (Å²) < 4.78 is 0. The lowest BCUT2D eigenvalue weighted by atomic mass is 10.1. The van der Waals surface area contributed by atoms with Gasteiger partial charge in [0.15, 0.2) is 0 Å². The second kappa shape index (κ2) is 7.23. The molecule has 0 unspecified atom stereocenters. The molecule has 1 aliphatic rings. The van der Waals surface area contributed by atoms with E-state index in [1.165, 1.54) is 6.42 Å². The summed E-state index contributed by atoms with van der Waals surface area (Å²) in [6.45, 7) is 2.24. The number of amides is 1. The minimum atomic E-state index is 0.120. The predicted molar refractivity (Wildman–Crippen MR) is 77.9 cm³/mol. The second-order valence-corrected chi connectivity index (χ2v) is 4.96. The van der Waals surface area contributed by atoms with Crippen molar-refractivity contribution in [2.75, 3.05) is 37.3 Å². The first kappa shape index (κ1) is 14.8. The average Bonchev–Trinajstić information content (AvgIpc) is 2.47. The summed E-state index contributed by atoms with van der Waals surface area (Å²) in [7, 11) is 1.70. The van der Waals surface area contributed by atoms with Gasteiger partial charge in [-0.1, -0.05) is 0 Å². The van der Waals surface area contributed by atoms with Gasteiger partial charge in [0.1, 0.15) is 0 Å². The van der Waals surface area contributed by atoms with E-state index >= 15 is 0 Å². The third kappa shape index (κ3) is 4.19. The van der Waals surface area contributed by atoms with E-state index in [2.05, 4.69) is 25.6 Å². The van der Waals surface area contributed by atoms with Crippen LogP contribution in [0.15, 0.2) is 0 Å². The molecule has 8 heteroatoms. The number of rotatable bonds is 5. The highest BCUT2D eigenvalue weighted by atomic mass is 35.5. The summed E-state index contributed by atoms with van der Waals surface area (Å²) in [4.78, 5) is 25.8. The Morgan fingerprint density at radius 3 is 2.60 bits per heavy atom. The van der Waals surface area contributed by atoms with Gasteiger partial charge in [0.25, 0.3) is 0 Å². The van der Waals surface area contributed by atoms with Gasteiger partial charge in [0.2, 0.25) is 23.1 Å². The minimum Gasteiger partial charge on any atom is -0.357 e. The van der Waals surface area contributed by atoms with Gasteiger partial charge in [0, 0.05) is 33.1 Å². The normalized spacial score (nSPS) is 15.0. The second-order valence-electron chi connectivity index (χ2n) is 4.62. The Labute approximate surface area is 123 Å². The van der Waals surface area contributed by atoms with Crippen molar-refractivity contribution in [2.45, 2.75) is 25.7 Å². The SMILES string of the molecule is CNc1nc(Cl)nc(NCCC(=O)N2CCCCC2)n1. The molecule has 0 radical (unpaired) electrons. The van der Waals surface area contributed by atoms with Crippen molar-refractivity contribution < 1.29 is 4.79 Å². The minimum absolute atomic E-state index is 0.120. The van der Waals surface area contributed by atoms with Crippen LogP contribution in [0.1, 0.15) is 25.7 Å². The van der Waals surface area contributed by atoms with Crippen LogP contribution in [0, 0.1) is 0 Å². The van der Waals surface area contributed by atoms with E-state index in [9.17, 15) is 4.79 Å². The number of carbonyl (C=O) groups is 1. The molecule has 1 saturated heterocycles. The standard InChI is InChI=1S/C12H19ClN6O/c1-14-11-16-10(13)17-12(18-11)15-6-5-9(20)19-7-3-2-4-8-19/h2-8H2,1H3,(H2,14,15,16,17,18). The summed E-state index contributed by atoms with van der Waals surface area (Å²) in [6.07, 6.45) is 3.86. The van der Waals surface area contributed by atoms with E-state index < -0.39 is 0 Å². The summed E-state index contributed by atoms with van der Waals surface area (Å²) in [5, 5.41) is 5.91. The Hall–Kier alpha value is -1.63. The lowest BCUT2D eigenvalue weighted by Gasteiger charge is -2.26. The average molecular weight is 299 g/mol. The zero-order valence-corrected chi connectivity index (χ0v) is 12.3. The quantitative estimate of drug-likeness (QED) is 0.854. The number of likely N-dealkylation sites (tertiary alicyclic amines) is 1. The molecule has 0 saturated carbocycles. The molecule has 7 nitrogen and oxygen atoms in total. The number of halogens is 1. The molecule has 20 heavy (non-hydrogen) atoms. The number of anilines is 2. The highest BCUT2D eigenvalue weighted by molar-refractivity contribution is 6.28. The molecule has 1 amide bonds. The number of nitrogens with zero attached hydrogens (tertiary/aromatic N) is 4. The molecular formula is C12H19ClN6O.